The van der Waals surface area contributed by atoms with Crippen molar-refractivity contribution < 1.29 is 0 Å². The minimum Gasteiger partial charge on any atom is -0.393 e. The van der Waals surface area contributed by atoms with Gasteiger partial charge in [-0.1, -0.05) is 38.4 Å². The molecule has 0 radical (unpaired) electrons. The highest BCUT2D eigenvalue weighted by atomic mass is 35.5. The van der Waals surface area contributed by atoms with Crippen molar-refractivity contribution in [1.29, 1.82) is 0 Å². The third-order valence-electron chi connectivity index (χ3n) is 3.25. The topological polar surface area (TPSA) is 52.9 Å². The summed E-state index contributed by atoms with van der Waals surface area (Å²) in [5.41, 5.74) is 7.81. The van der Waals surface area contributed by atoms with Gasteiger partial charge in [-0.05, 0) is 30.5 Å². The fourth-order valence-electron chi connectivity index (χ4n) is 2.49. The molecule has 0 unspecified atom stereocenters. The molecule has 0 aliphatic heterocycles. The average Bonchev–Trinajstić information content (AvgIpc) is 2.62. The van der Waals surface area contributed by atoms with Crippen LogP contribution in [0.5, 0.6) is 0 Å². The zero-order valence-electron chi connectivity index (χ0n) is 12.1. The number of hydrogen-bond donors (Lipinski definition) is 1. The lowest BCUT2D eigenvalue weighted by Crippen LogP contribution is -2.22. The van der Waals surface area contributed by atoms with Gasteiger partial charge in [0, 0.05) is 11.6 Å². The monoisotopic (exact) mass is 293 g/mol. The molecule has 0 amide bonds. The molecule has 1 aromatic carbocycles. The second kappa shape index (κ2) is 5.75. The third-order valence-corrected chi connectivity index (χ3v) is 3.49. The maximum atomic E-state index is 12.5. The lowest BCUT2D eigenvalue weighted by molar-refractivity contribution is 0.503. The number of nitrogen functional groups attached to an aromatic ring is 1. The lowest BCUT2D eigenvalue weighted by Gasteiger charge is -2.16. The van der Waals surface area contributed by atoms with Gasteiger partial charge in [0.1, 0.15) is 5.69 Å². The van der Waals surface area contributed by atoms with Crippen LogP contribution in [0.25, 0.3) is 5.69 Å². The highest BCUT2D eigenvalue weighted by Crippen LogP contribution is 2.23. The fraction of sp³-hybridized carbons (Fsp3) is 0.400. The summed E-state index contributed by atoms with van der Waals surface area (Å²) in [5.74, 6) is 0.190. The standard InChI is InChI=1S/C15H20ClN3O/c1-4-8-18-14(10(2)3)13(17)15(20)19(18)12-7-5-6-11(16)9-12/h5-7,9-10H,4,8,17H2,1-3H3. The van der Waals surface area contributed by atoms with Gasteiger partial charge in [0.25, 0.3) is 5.56 Å². The number of hydrogen-bond acceptors (Lipinski definition) is 2. The first-order chi connectivity index (χ1) is 9.47. The Labute approximate surface area is 123 Å². The summed E-state index contributed by atoms with van der Waals surface area (Å²) in [4.78, 5) is 12.5. The van der Waals surface area contributed by atoms with Gasteiger partial charge in [-0.15, -0.1) is 0 Å². The van der Waals surface area contributed by atoms with Gasteiger partial charge in [-0.3, -0.25) is 9.48 Å². The molecular weight excluding hydrogens is 274 g/mol. The van der Waals surface area contributed by atoms with E-state index in [2.05, 4.69) is 6.92 Å². The van der Waals surface area contributed by atoms with Crippen LogP contribution in [0.15, 0.2) is 29.1 Å². The number of nitrogens with two attached hydrogens (primary N) is 1. The van der Waals surface area contributed by atoms with Gasteiger partial charge in [-0.25, -0.2) is 4.68 Å². The quantitative estimate of drug-likeness (QED) is 0.939. The first-order valence-electron chi connectivity index (χ1n) is 6.84. The lowest BCUT2D eigenvalue weighted by atomic mass is 10.1. The second-order valence-corrected chi connectivity index (χ2v) is 5.61. The Morgan fingerprint density at radius 2 is 2.05 bits per heavy atom. The molecule has 0 fully saturated rings. The summed E-state index contributed by atoms with van der Waals surface area (Å²) in [6, 6.07) is 7.26. The van der Waals surface area contributed by atoms with E-state index in [-0.39, 0.29) is 11.5 Å². The van der Waals surface area contributed by atoms with Crippen molar-refractivity contribution in [3.8, 4) is 5.69 Å². The Hall–Kier alpha value is -1.68. The Bertz CT molecular complexity index is 670. The van der Waals surface area contributed by atoms with Crippen molar-refractivity contribution >= 4 is 17.3 Å². The van der Waals surface area contributed by atoms with Gasteiger partial charge in [0.2, 0.25) is 0 Å². The number of halogens is 1. The van der Waals surface area contributed by atoms with E-state index in [1.807, 2.05) is 30.7 Å². The van der Waals surface area contributed by atoms with Gasteiger partial charge in [-0.2, -0.15) is 0 Å². The molecule has 1 heterocycles. The molecule has 0 aliphatic carbocycles. The van der Waals surface area contributed by atoms with Crippen molar-refractivity contribution in [3.05, 3.63) is 45.3 Å². The molecular formula is C15H20ClN3O. The van der Waals surface area contributed by atoms with Crippen molar-refractivity contribution in [2.24, 2.45) is 0 Å². The molecule has 0 saturated carbocycles. The molecule has 0 atom stereocenters. The minimum absolute atomic E-state index is 0.176. The molecule has 0 spiro atoms. The highest BCUT2D eigenvalue weighted by molar-refractivity contribution is 6.30. The molecule has 0 saturated heterocycles. The number of aromatic nitrogens is 2. The maximum Gasteiger partial charge on any atom is 0.294 e. The number of rotatable bonds is 4. The minimum atomic E-state index is -0.176. The number of benzene rings is 1. The normalized spacial score (nSPS) is 11.2. The van der Waals surface area contributed by atoms with Gasteiger partial charge < -0.3 is 5.73 Å². The molecule has 108 valence electrons. The highest BCUT2D eigenvalue weighted by Gasteiger charge is 2.20. The molecule has 20 heavy (non-hydrogen) atoms. The van der Waals surface area contributed by atoms with Crippen LogP contribution in [-0.4, -0.2) is 9.36 Å². The van der Waals surface area contributed by atoms with Crippen LogP contribution in [0, 0.1) is 0 Å². The molecule has 0 bridgehead atoms. The van der Waals surface area contributed by atoms with E-state index in [0.717, 1.165) is 24.3 Å². The van der Waals surface area contributed by atoms with Crippen LogP contribution >= 0.6 is 11.6 Å². The van der Waals surface area contributed by atoms with Gasteiger partial charge in [0.05, 0.1) is 11.4 Å². The van der Waals surface area contributed by atoms with E-state index in [1.54, 1.807) is 16.8 Å². The maximum absolute atomic E-state index is 12.5. The van der Waals surface area contributed by atoms with E-state index in [1.165, 1.54) is 0 Å². The zero-order valence-corrected chi connectivity index (χ0v) is 12.8. The Morgan fingerprint density at radius 3 is 2.60 bits per heavy atom. The largest absolute Gasteiger partial charge is 0.393 e. The van der Waals surface area contributed by atoms with Crippen LogP contribution in [0.3, 0.4) is 0 Å². The summed E-state index contributed by atoms with van der Waals surface area (Å²) in [5, 5.41) is 0.600. The molecule has 5 heteroatoms. The van der Waals surface area contributed by atoms with E-state index >= 15 is 0 Å². The Balaban J connectivity index is 2.75. The SMILES string of the molecule is CCCn1c(C(C)C)c(N)c(=O)n1-c1cccc(Cl)c1. The van der Waals surface area contributed by atoms with E-state index in [0.29, 0.717) is 10.7 Å². The first-order valence-corrected chi connectivity index (χ1v) is 7.22. The van der Waals surface area contributed by atoms with Crippen molar-refractivity contribution in [2.45, 2.75) is 39.7 Å². The van der Waals surface area contributed by atoms with Gasteiger partial charge >= 0.3 is 0 Å². The van der Waals surface area contributed by atoms with Crippen molar-refractivity contribution in [2.75, 3.05) is 5.73 Å². The third kappa shape index (κ3) is 2.48. The predicted octanol–water partition coefficient (Wildman–Crippen LogP) is 3.41. The van der Waals surface area contributed by atoms with Crippen molar-refractivity contribution in [1.82, 2.24) is 9.36 Å². The molecule has 4 nitrogen and oxygen atoms in total. The Kier molecular flexibility index (Phi) is 4.23. The summed E-state index contributed by atoms with van der Waals surface area (Å²) in [6.07, 6.45) is 0.924. The zero-order chi connectivity index (χ0) is 14.9. The molecule has 0 aliphatic rings. The van der Waals surface area contributed by atoms with Crippen LogP contribution in [0.2, 0.25) is 5.02 Å². The molecule has 2 aromatic rings. The summed E-state index contributed by atoms with van der Waals surface area (Å²) in [7, 11) is 0. The van der Waals surface area contributed by atoms with Crippen LogP contribution in [-0.2, 0) is 6.54 Å². The average molecular weight is 294 g/mol. The second-order valence-electron chi connectivity index (χ2n) is 5.17. The molecule has 1 aromatic heterocycles. The number of anilines is 1. The van der Waals surface area contributed by atoms with Crippen LogP contribution in [0.1, 0.15) is 38.8 Å². The summed E-state index contributed by atoms with van der Waals surface area (Å²) >= 11 is 6.03. The smallest absolute Gasteiger partial charge is 0.294 e. The van der Waals surface area contributed by atoms with E-state index < -0.39 is 0 Å². The number of nitrogens with zero attached hydrogens (tertiary/aromatic N) is 2. The van der Waals surface area contributed by atoms with E-state index in [4.69, 9.17) is 17.3 Å². The summed E-state index contributed by atoms with van der Waals surface area (Å²) in [6.45, 7) is 6.90. The van der Waals surface area contributed by atoms with Crippen LogP contribution in [0.4, 0.5) is 5.69 Å². The van der Waals surface area contributed by atoms with Crippen molar-refractivity contribution in [3.63, 3.8) is 0 Å². The summed E-state index contributed by atoms with van der Waals surface area (Å²) < 4.78 is 3.59. The predicted molar refractivity (Wildman–Crippen MR) is 83.8 cm³/mol. The van der Waals surface area contributed by atoms with E-state index in [9.17, 15) is 4.79 Å². The fourth-order valence-corrected chi connectivity index (χ4v) is 2.67. The van der Waals surface area contributed by atoms with Gasteiger partial charge in [0.15, 0.2) is 0 Å². The Morgan fingerprint density at radius 1 is 1.35 bits per heavy atom. The first kappa shape index (κ1) is 14.7. The molecule has 2 rings (SSSR count). The molecule has 2 N–H and O–H groups in total. The van der Waals surface area contributed by atoms with Crippen LogP contribution < -0.4 is 11.3 Å².